The van der Waals surface area contributed by atoms with Crippen molar-refractivity contribution in [3.05, 3.63) is 53.0 Å². The Morgan fingerprint density at radius 3 is 2.07 bits per heavy atom. The van der Waals surface area contributed by atoms with Gasteiger partial charge in [0.25, 0.3) is 5.91 Å². The summed E-state index contributed by atoms with van der Waals surface area (Å²) in [4.78, 5) is 14.5. The molecule has 0 N–H and O–H groups in total. The summed E-state index contributed by atoms with van der Waals surface area (Å²) in [6.07, 6.45) is 2.87. The van der Waals surface area contributed by atoms with E-state index in [1.54, 1.807) is 11.0 Å². The molecule has 0 unspecified atom stereocenters. The molecule has 1 aromatic carbocycles. The Kier molecular flexibility index (Phi) is 5.42. The van der Waals surface area contributed by atoms with E-state index in [9.17, 15) is 13.2 Å². The average Bonchev–Trinajstić information content (AvgIpc) is 3.14. The quantitative estimate of drug-likeness (QED) is 0.787. The van der Waals surface area contributed by atoms with E-state index >= 15 is 0 Å². The minimum Gasteiger partial charge on any atom is -0.472 e. The summed E-state index contributed by atoms with van der Waals surface area (Å²) in [6.45, 7) is 11.4. The van der Waals surface area contributed by atoms with Crippen LogP contribution < -0.4 is 0 Å². The summed E-state index contributed by atoms with van der Waals surface area (Å²) < 4.78 is 33.1. The minimum atomic E-state index is -3.61. The molecule has 1 aromatic heterocycles. The van der Waals surface area contributed by atoms with Gasteiger partial charge in [0, 0.05) is 26.2 Å². The predicted molar refractivity (Wildman–Crippen MR) is 108 cm³/mol. The Labute approximate surface area is 167 Å². The van der Waals surface area contributed by atoms with Crippen molar-refractivity contribution in [3.8, 4) is 0 Å². The molecule has 152 valence electrons. The second kappa shape index (κ2) is 7.37. The van der Waals surface area contributed by atoms with Crippen LogP contribution in [-0.4, -0.2) is 49.7 Å². The van der Waals surface area contributed by atoms with Gasteiger partial charge >= 0.3 is 0 Å². The van der Waals surface area contributed by atoms with E-state index in [0.717, 1.165) is 16.7 Å². The highest BCUT2D eigenvalue weighted by Crippen LogP contribution is 2.31. The zero-order valence-corrected chi connectivity index (χ0v) is 18.0. The van der Waals surface area contributed by atoms with E-state index < -0.39 is 10.0 Å². The van der Waals surface area contributed by atoms with Gasteiger partial charge in [-0.25, -0.2) is 8.42 Å². The molecule has 0 spiro atoms. The van der Waals surface area contributed by atoms with Crippen LogP contribution in [0.25, 0.3) is 0 Å². The molecular weight excluding hydrogens is 376 g/mol. The Morgan fingerprint density at radius 2 is 1.61 bits per heavy atom. The fraction of sp³-hybridized carbons (Fsp3) is 0.476. The second-order valence-electron chi connectivity index (χ2n) is 8.40. The molecule has 0 radical (unpaired) electrons. The van der Waals surface area contributed by atoms with Crippen molar-refractivity contribution >= 4 is 15.9 Å². The van der Waals surface area contributed by atoms with Gasteiger partial charge in [0.2, 0.25) is 10.0 Å². The third-order valence-corrected chi connectivity index (χ3v) is 7.42. The van der Waals surface area contributed by atoms with Crippen molar-refractivity contribution in [2.75, 3.05) is 26.2 Å². The topological polar surface area (TPSA) is 70.8 Å². The van der Waals surface area contributed by atoms with Gasteiger partial charge in [-0.1, -0.05) is 32.9 Å². The number of amides is 1. The normalized spacial score (nSPS) is 16.4. The number of aryl methyl sites for hydroxylation is 2. The number of carbonyl (C=O) groups excluding carboxylic acids is 1. The SMILES string of the molecule is Cc1cc(C(C)(C)C)cc(C)c1S(=O)(=O)N1CCN(C(=O)c2ccoc2)CC1. The molecule has 0 aliphatic carbocycles. The van der Waals surface area contributed by atoms with E-state index in [4.69, 9.17) is 4.42 Å². The van der Waals surface area contributed by atoms with Crippen LogP contribution in [0.3, 0.4) is 0 Å². The van der Waals surface area contributed by atoms with Crippen LogP contribution in [0.2, 0.25) is 0 Å². The van der Waals surface area contributed by atoms with Crippen LogP contribution in [0.15, 0.2) is 40.0 Å². The van der Waals surface area contributed by atoms with Crippen molar-refractivity contribution in [1.29, 1.82) is 0 Å². The molecule has 1 amide bonds. The number of nitrogens with zero attached hydrogens (tertiary/aromatic N) is 2. The molecule has 2 aromatic rings. The summed E-state index contributed by atoms with van der Waals surface area (Å²) in [5.74, 6) is -0.132. The van der Waals surface area contributed by atoms with Crippen LogP contribution in [-0.2, 0) is 15.4 Å². The van der Waals surface area contributed by atoms with Crippen LogP contribution in [0.4, 0.5) is 0 Å². The lowest BCUT2D eigenvalue weighted by Crippen LogP contribution is -2.50. The number of rotatable bonds is 3. The van der Waals surface area contributed by atoms with E-state index in [2.05, 4.69) is 20.8 Å². The van der Waals surface area contributed by atoms with Crippen molar-refractivity contribution in [2.45, 2.75) is 44.9 Å². The molecule has 1 aliphatic rings. The van der Waals surface area contributed by atoms with Gasteiger partial charge in [-0.3, -0.25) is 4.79 Å². The third kappa shape index (κ3) is 3.86. The molecule has 1 saturated heterocycles. The van der Waals surface area contributed by atoms with Gasteiger partial charge in [0.1, 0.15) is 6.26 Å². The summed E-state index contributed by atoms with van der Waals surface area (Å²) in [5.41, 5.74) is 3.10. The zero-order valence-electron chi connectivity index (χ0n) is 17.2. The number of piperazine rings is 1. The van der Waals surface area contributed by atoms with Gasteiger partial charge in [0.15, 0.2) is 0 Å². The third-order valence-electron chi connectivity index (χ3n) is 5.22. The summed E-state index contributed by atoms with van der Waals surface area (Å²) in [6, 6.07) is 5.56. The van der Waals surface area contributed by atoms with Crippen LogP contribution >= 0.6 is 0 Å². The van der Waals surface area contributed by atoms with Gasteiger partial charge in [-0.05, 0) is 42.0 Å². The van der Waals surface area contributed by atoms with Crippen LogP contribution in [0.5, 0.6) is 0 Å². The first kappa shape index (κ1) is 20.6. The first-order chi connectivity index (χ1) is 13.0. The lowest BCUT2D eigenvalue weighted by atomic mass is 9.85. The van der Waals surface area contributed by atoms with Gasteiger partial charge in [-0.15, -0.1) is 0 Å². The molecular formula is C21H28N2O4S. The van der Waals surface area contributed by atoms with Gasteiger partial charge in [0.05, 0.1) is 16.7 Å². The summed E-state index contributed by atoms with van der Waals surface area (Å²) in [5, 5.41) is 0. The fourth-order valence-electron chi connectivity index (χ4n) is 3.62. The maximum Gasteiger partial charge on any atom is 0.257 e. The highest BCUT2D eigenvalue weighted by molar-refractivity contribution is 7.89. The molecule has 6 nitrogen and oxygen atoms in total. The Balaban J connectivity index is 1.80. The molecule has 3 rings (SSSR count). The lowest BCUT2D eigenvalue weighted by Gasteiger charge is -2.34. The van der Waals surface area contributed by atoms with E-state index in [1.807, 2.05) is 26.0 Å². The Hall–Kier alpha value is -2.12. The lowest BCUT2D eigenvalue weighted by molar-refractivity contribution is 0.0697. The average molecular weight is 405 g/mol. The Bertz CT molecular complexity index is 941. The molecule has 7 heteroatoms. The standard InChI is InChI=1S/C21H28N2O4S/c1-15-12-18(21(3,4)5)13-16(2)19(15)28(25,26)23-9-7-22(8-10-23)20(24)17-6-11-27-14-17/h6,11-14H,7-10H2,1-5H3. The first-order valence-corrected chi connectivity index (χ1v) is 10.9. The molecule has 0 atom stereocenters. The second-order valence-corrected chi connectivity index (χ2v) is 10.3. The van der Waals surface area contributed by atoms with Gasteiger partial charge in [-0.2, -0.15) is 4.31 Å². The molecule has 0 bridgehead atoms. The van der Waals surface area contributed by atoms with E-state index in [-0.39, 0.29) is 24.4 Å². The molecule has 1 aliphatic heterocycles. The van der Waals surface area contributed by atoms with Crippen LogP contribution in [0.1, 0.15) is 47.8 Å². The number of hydrogen-bond donors (Lipinski definition) is 0. The summed E-state index contributed by atoms with van der Waals surface area (Å²) >= 11 is 0. The van der Waals surface area contributed by atoms with Crippen molar-refractivity contribution < 1.29 is 17.6 Å². The highest BCUT2D eigenvalue weighted by Gasteiger charge is 2.33. The summed E-state index contributed by atoms with van der Waals surface area (Å²) in [7, 11) is -3.61. The maximum atomic E-state index is 13.3. The number of sulfonamides is 1. The maximum absolute atomic E-state index is 13.3. The number of benzene rings is 1. The van der Waals surface area contributed by atoms with Crippen molar-refractivity contribution in [2.24, 2.45) is 0 Å². The molecule has 0 saturated carbocycles. The smallest absolute Gasteiger partial charge is 0.257 e. The molecule has 2 heterocycles. The number of carbonyl (C=O) groups is 1. The van der Waals surface area contributed by atoms with Crippen LogP contribution in [0, 0.1) is 13.8 Å². The van der Waals surface area contributed by atoms with Gasteiger partial charge < -0.3 is 9.32 Å². The molecule has 28 heavy (non-hydrogen) atoms. The predicted octanol–water partition coefficient (Wildman–Crippen LogP) is 3.34. The van der Waals surface area contributed by atoms with E-state index in [0.29, 0.717) is 23.5 Å². The first-order valence-electron chi connectivity index (χ1n) is 9.45. The highest BCUT2D eigenvalue weighted by atomic mass is 32.2. The van der Waals surface area contributed by atoms with E-state index in [1.165, 1.54) is 16.8 Å². The zero-order chi connectivity index (χ0) is 20.7. The Morgan fingerprint density at radius 1 is 1.04 bits per heavy atom. The number of furan rings is 1. The minimum absolute atomic E-state index is 0.0448. The van der Waals surface area contributed by atoms with Crippen molar-refractivity contribution in [1.82, 2.24) is 9.21 Å². The monoisotopic (exact) mass is 404 g/mol. The van der Waals surface area contributed by atoms with Crippen molar-refractivity contribution in [3.63, 3.8) is 0 Å². The molecule has 1 fully saturated rings. The largest absolute Gasteiger partial charge is 0.472 e. The number of hydrogen-bond acceptors (Lipinski definition) is 4. The fourth-order valence-corrected chi connectivity index (χ4v) is 5.45.